The second-order valence-electron chi connectivity index (χ2n) is 6.56. The highest BCUT2D eigenvalue weighted by atomic mass is 32.1. The van der Waals surface area contributed by atoms with Crippen LogP contribution in [0, 0.1) is 20.8 Å². The zero-order valence-electron chi connectivity index (χ0n) is 17.1. The van der Waals surface area contributed by atoms with Crippen LogP contribution in [0.4, 0.5) is 5.00 Å². The maximum Gasteiger partial charge on any atom is 0.348 e. The van der Waals surface area contributed by atoms with Gasteiger partial charge >= 0.3 is 11.9 Å². The molecule has 0 aliphatic heterocycles. The molecule has 0 aliphatic carbocycles. The van der Waals surface area contributed by atoms with Gasteiger partial charge in [-0.3, -0.25) is 9.48 Å². The zero-order valence-corrected chi connectivity index (χ0v) is 17.9. The second-order valence-corrected chi connectivity index (χ2v) is 7.58. The van der Waals surface area contributed by atoms with Crippen LogP contribution in [0.2, 0.25) is 0 Å². The first-order valence-electron chi connectivity index (χ1n) is 8.91. The minimum Gasteiger partial charge on any atom is -0.462 e. The first-order valence-corrected chi connectivity index (χ1v) is 9.73. The van der Waals surface area contributed by atoms with Gasteiger partial charge in [0.25, 0.3) is 5.91 Å². The van der Waals surface area contributed by atoms with Crippen molar-refractivity contribution in [3.05, 3.63) is 33.0 Å². The molecule has 9 heteroatoms. The third-order valence-corrected chi connectivity index (χ3v) is 5.30. The van der Waals surface area contributed by atoms with E-state index in [1.165, 1.54) is 0 Å². The van der Waals surface area contributed by atoms with Crippen molar-refractivity contribution >= 4 is 34.2 Å². The number of nitrogens with zero attached hydrogens (tertiary/aromatic N) is 2. The quantitative estimate of drug-likeness (QED) is 0.737. The number of amides is 1. The lowest BCUT2D eigenvalue weighted by Crippen LogP contribution is -2.18. The summed E-state index contributed by atoms with van der Waals surface area (Å²) in [5.41, 5.74) is 2.27. The standard InChI is InChI=1S/C19H25N3O5S/c1-8-26-19(25)15-10(4)13(18(24)27-9(2)3)17(28-15)20-16(23)14-11(5)21-22(7)12(14)6/h9H,8H2,1-7H3,(H,20,23). The fourth-order valence-electron chi connectivity index (χ4n) is 2.78. The number of hydrogen-bond donors (Lipinski definition) is 1. The first-order chi connectivity index (χ1) is 13.1. The lowest BCUT2D eigenvalue weighted by molar-refractivity contribution is 0.0379. The molecule has 0 bridgehead atoms. The molecule has 2 rings (SSSR count). The molecule has 8 nitrogen and oxygen atoms in total. The summed E-state index contributed by atoms with van der Waals surface area (Å²) in [5, 5.41) is 7.24. The average Bonchev–Trinajstić information content (AvgIpc) is 3.03. The van der Waals surface area contributed by atoms with Crippen LogP contribution in [0.5, 0.6) is 0 Å². The van der Waals surface area contributed by atoms with Crippen LogP contribution in [0.3, 0.4) is 0 Å². The highest BCUT2D eigenvalue weighted by Crippen LogP contribution is 2.35. The highest BCUT2D eigenvalue weighted by Gasteiger charge is 2.29. The molecule has 0 saturated heterocycles. The Hall–Kier alpha value is -2.68. The topological polar surface area (TPSA) is 99.5 Å². The molecule has 0 atom stereocenters. The van der Waals surface area contributed by atoms with Crippen LogP contribution in [-0.2, 0) is 16.5 Å². The summed E-state index contributed by atoms with van der Waals surface area (Å²) in [5.74, 6) is -1.55. The van der Waals surface area contributed by atoms with Gasteiger partial charge < -0.3 is 14.8 Å². The molecule has 0 fully saturated rings. The number of nitrogens with one attached hydrogen (secondary N) is 1. The van der Waals surface area contributed by atoms with Crippen molar-refractivity contribution in [1.82, 2.24) is 9.78 Å². The normalized spacial score (nSPS) is 10.9. The van der Waals surface area contributed by atoms with E-state index < -0.39 is 17.8 Å². The molecular formula is C19H25N3O5S. The van der Waals surface area contributed by atoms with Gasteiger partial charge in [0.2, 0.25) is 0 Å². The minimum atomic E-state index is -0.603. The van der Waals surface area contributed by atoms with E-state index in [4.69, 9.17) is 9.47 Å². The summed E-state index contributed by atoms with van der Waals surface area (Å²) in [7, 11) is 1.75. The van der Waals surface area contributed by atoms with Gasteiger partial charge in [-0.25, -0.2) is 9.59 Å². The van der Waals surface area contributed by atoms with Crippen molar-refractivity contribution in [2.45, 2.75) is 47.6 Å². The van der Waals surface area contributed by atoms with E-state index in [0.717, 1.165) is 11.3 Å². The van der Waals surface area contributed by atoms with Crippen LogP contribution < -0.4 is 5.32 Å². The van der Waals surface area contributed by atoms with E-state index in [1.54, 1.807) is 53.3 Å². The number of aromatic nitrogens is 2. The average molecular weight is 407 g/mol. The van der Waals surface area contributed by atoms with E-state index in [1.807, 2.05) is 0 Å². The van der Waals surface area contributed by atoms with Crippen LogP contribution in [0.1, 0.15) is 68.1 Å². The molecule has 2 aromatic rings. The monoisotopic (exact) mass is 407 g/mol. The fourth-order valence-corrected chi connectivity index (χ4v) is 3.86. The SMILES string of the molecule is CCOC(=O)c1sc(NC(=O)c2c(C)nn(C)c2C)c(C(=O)OC(C)C)c1C. The molecule has 0 radical (unpaired) electrons. The van der Waals surface area contributed by atoms with Crippen molar-refractivity contribution in [3.63, 3.8) is 0 Å². The Bertz CT molecular complexity index is 927. The molecule has 0 aromatic carbocycles. The highest BCUT2D eigenvalue weighted by molar-refractivity contribution is 7.18. The molecule has 1 amide bonds. The maximum atomic E-state index is 12.9. The van der Waals surface area contributed by atoms with Crippen molar-refractivity contribution in [2.75, 3.05) is 11.9 Å². The van der Waals surface area contributed by atoms with Crippen LogP contribution in [-0.4, -0.2) is 40.3 Å². The van der Waals surface area contributed by atoms with E-state index >= 15 is 0 Å². The predicted molar refractivity (Wildman–Crippen MR) is 106 cm³/mol. The number of esters is 2. The molecule has 0 aliphatic rings. The summed E-state index contributed by atoms with van der Waals surface area (Å²) in [6, 6.07) is 0. The van der Waals surface area contributed by atoms with Gasteiger partial charge in [0.15, 0.2) is 0 Å². The Balaban J connectivity index is 2.49. The molecule has 2 heterocycles. The summed E-state index contributed by atoms with van der Waals surface area (Å²) in [4.78, 5) is 38.0. The van der Waals surface area contributed by atoms with E-state index in [9.17, 15) is 14.4 Å². The first kappa shape index (κ1) is 21.6. The van der Waals surface area contributed by atoms with Gasteiger partial charge in [-0.1, -0.05) is 0 Å². The summed E-state index contributed by atoms with van der Waals surface area (Å²) < 4.78 is 12.0. The second kappa shape index (κ2) is 8.55. The Morgan fingerprint density at radius 3 is 2.29 bits per heavy atom. The third-order valence-electron chi connectivity index (χ3n) is 4.12. The number of carbonyl (C=O) groups excluding carboxylic acids is 3. The Labute approximate surface area is 167 Å². The van der Waals surface area contributed by atoms with Crippen molar-refractivity contribution in [3.8, 4) is 0 Å². The number of hydrogen-bond acceptors (Lipinski definition) is 7. The number of ether oxygens (including phenoxy) is 2. The van der Waals surface area contributed by atoms with Crippen molar-refractivity contribution in [1.29, 1.82) is 0 Å². The Morgan fingerprint density at radius 1 is 1.14 bits per heavy atom. The number of carbonyl (C=O) groups is 3. The Morgan fingerprint density at radius 2 is 1.79 bits per heavy atom. The molecule has 2 aromatic heterocycles. The van der Waals surface area contributed by atoms with Gasteiger partial charge in [0.1, 0.15) is 9.88 Å². The van der Waals surface area contributed by atoms with E-state index in [-0.39, 0.29) is 28.2 Å². The third kappa shape index (κ3) is 4.24. The molecule has 0 unspecified atom stereocenters. The van der Waals surface area contributed by atoms with Gasteiger partial charge in [-0.15, -0.1) is 11.3 Å². The van der Waals surface area contributed by atoms with Gasteiger partial charge in [-0.05, 0) is 47.1 Å². The van der Waals surface area contributed by atoms with Crippen molar-refractivity contribution < 1.29 is 23.9 Å². The lowest BCUT2D eigenvalue weighted by Gasteiger charge is -2.10. The largest absolute Gasteiger partial charge is 0.462 e. The zero-order chi connectivity index (χ0) is 21.2. The molecule has 0 spiro atoms. The van der Waals surface area contributed by atoms with Crippen molar-refractivity contribution in [2.24, 2.45) is 7.05 Å². The van der Waals surface area contributed by atoms with Crippen LogP contribution in [0.15, 0.2) is 0 Å². The molecule has 0 saturated carbocycles. The fraction of sp³-hybridized carbons (Fsp3) is 0.474. The predicted octanol–water partition coefficient (Wildman–Crippen LogP) is 3.40. The summed E-state index contributed by atoms with van der Waals surface area (Å²) >= 11 is 0.997. The number of anilines is 1. The van der Waals surface area contributed by atoms with Gasteiger partial charge in [0, 0.05) is 12.7 Å². The Kier molecular flexibility index (Phi) is 6.60. The van der Waals surface area contributed by atoms with Gasteiger partial charge in [-0.2, -0.15) is 5.10 Å². The van der Waals surface area contributed by atoms with E-state index in [0.29, 0.717) is 22.5 Å². The number of rotatable bonds is 6. The molecule has 152 valence electrons. The molecular weight excluding hydrogens is 382 g/mol. The van der Waals surface area contributed by atoms with E-state index in [2.05, 4.69) is 10.4 Å². The summed E-state index contributed by atoms with van der Waals surface area (Å²) in [6.07, 6.45) is -0.343. The molecule has 28 heavy (non-hydrogen) atoms. The number of thiophene rings is 1. The molecule has 1 N–H and O–H groups in total. The minimum absolute atomic E-state index is 0.161. The van der Waals surface area contributed by atoms with Crippen LogP contribution in [0.25, 0.3) is 0 Å². The van der Waals surface area contributed by atoms with Gasteiger partial charge in [0.05, 0.1) is 29.5 Å². The lowest BCUT2D eigenvalue weighted by atomic mass is 10.1. The maximum absolute atomic E-state index is 12.9. The van der Waals surface area contributed by atoms with Crippen LogP contribution >= 0.6 is 11.3 Å². The summed E-state index contributed by atoms with van der Waals surface area (Å²) in [6.45, 7) is 10.5. The smallest absolute Gasteiger partial charge is 0.348 e. The number of aryl methyl sites for hydroxylation is 2.